The predicted octanol–water partition coefficient (Wildman–Crippen LogP) is 4.10. The molecule has 0 saturated heterocycles. The van der Waals surface area contributed by atoms with Gasteiger partial charge >= 0.3 is 12.1 Å². The van der Waals surface area contributed by atoms with Gasteiger partial charge in [-0.3, -0.25) is 9.63 Å². The van der Waals surface area contributed by atoms with E-state index in [1.807, 2.05) is 38.1 Å². The Morgan fingerprint density at radius 1 is 1.00 bits per heavy atom. The van der Waals surface area contributed by atoms with Gasteiger partial charge in [0.05, 0.1) is 5.92 Å². The number of ether oxygens (including phenoxy) is 1. The molecule has 4 rings (SSSR count). The number of carbonyl (C=O) groups is 3. The molecule has 2 aliphatic rings. The predicted molar refractivity (Wildman–Crippen MR) is 129 cm³/mol. The lowest BCUT2D eigenvalue weighted by molar-refractivity contribution is -0.164. The highest BCUT2D eigenvalue weighted by molar-refractivity contribution is 5.80. The monoisotopic (exact) mass is 480 g/mol. The molecule has 0 bridgehead atoms. The van der Waals surface area contributed by atoms with E-state index >= 15 is 0 Å². The molecule has 0 spiro atoms. The molecule has 35 heavy (non-hydrogen) atoms. The first kappa shape index (κ1) is 24.7. The molecule has 2 amide bonds. The fourth-order valence-electron chi connectivity index (χ4n) is 4.66. The fourth-order valence-corrected chi connectivity index (χ4v) is 4.66. The van der Waals surface area contributed by atoms with Crippen LogP contribution in [0.15, 0.2) is 48.5 Å². The van der Waals surface area contributed by atoms with Crippen LogP contribution in [-0.2, 0) is 19.2 Å². The summed E-state index contributed by atoms with van der Waals surface area (Å²) in [6.45, 7) is 4.19. The number of hydrogen-bond donors (Lipinski definition) is 3. The molecule has 1 fully saturated rings. The highest BCUT2D eigenvalue weighted by Crippen LogP contribution is 2.44. The van der Waals surface area contributed by atoms with Gasteiger partial charge in [0.1, 0.15) is 6.61 Å². The van der Waals surface area contributed by atoms with E-state index < -0.39 is 30.0 Å². The summed E-state index contributed by atoms with van der Waals surface area (Å²) in [7, 11) is 0. The zero-order valence-electron chi connectivity index (χ0n) is 20.0. The van der Waals surface area contributed by atoms with Gasteiger partial charge in [0.15, 0.2) is 6.10 Å². The Morgan fingerprint density at radius 2 is 1.60 bits per heavy atom. The third kappa shape index (κ3) is 6.00. The number of amides is 2. The molecule has 3 N–H and O–H groups in total. The van der Waals surface area contributed by atoms with Crippen LogP contribution in [0.1, 0.15) is 50.2 Å². The second-order valence-corrected chi connectivity index (χ2v) is 9.71. The largest absolute Gasteiger partial charge is 0.479 e. The molecule has 0 aliphatic heterocycles. The number of rotatable bonds is 11. The van der Waals surface area contributed by atoms with Crippen molar-refractivity contribution < 1.29 is 29.1 Å². The summed E-state index contributed by atoms with van der Waals surface area (Å²) in [4.78, 5) is 41.7. The molecule has 2 unspecified atom stereocenters. The maximum atomic E-state index is 12.7. The van der Waals surface area contributed by atoms with E-state index in [-0.39, 0.29) is 30.9 Å². The highest BCUT2D eigenvalue weighted by atomic mass is 16.7. The topological polar surface area (TPSA) is 114 Å². The van der Waals surface area contributed by atoms with Crippen LogP contribution in [0.5, 0.6) is 0 Å². The van der Waals surface area contributed by atoms with Gasteiger partial charge in [-0.2, -0.15) is 0 Å². The second kappa shape index (κ2) is 10.9. The molecular weight excluding hydrogens is 448 g/mol. The Labute approximate surface area is 205 Å². The molecule has 0 aromatic heterocycles. The molecular formula is C27H32N2O6. The van der Waals surface area contributed by atoms with Crippen LogP contribution in [0.3, 0.4) is 0 Å². The lowest BCUT2D eigenvalue weighted by Crippen LogP contribution is -2.43. The lowest BCUT2D eigenvalue weighted by atomic mass is 9.96. The molecule has 2 atom stereocenters. The van der Waals surface area contributed by atoms with Crippen LogP contribution in [-0.4, -0.2) is 42.3 Å². The molecule has 8 nitrogen and oxygen atoms in total. The van der Waals surface area contributed by atoms with Gasteiger partial charge in [-0.15, -0.1) is 0 Å². The number of hydrogen-bond acceptors (Lipinski definition) is 5. The van der Waals surface area contributed by atoms with Crippen LogP contribution in [0.25, 0.3) is 11.1 Å². The van der Waals surface area contributed by atoms with Gasteiger partial charge in [-0.25, -0.2) is 15.1 Å². The lowest BCUT2D eigenvalue weighted by Gasteiger charge is -2.21. The summed E-state index contributed by atoms with van der Waals surface area (Å²) in [5, 5.41) is 12.0. The summed E-state index contributed by atoms with van der Waals surface area (Å²) >= 11 is 0. The Kier molecular flexibility index (Phi) is 7.70. The number of hydroxylamine groups is 1. The zero-order valence-corrected chi connectivity index (χ0v) is 20.0. The average Bonchev–Trinajstić information content (AvgIpc) is 3.62. The fraction of sp³-hybridized carbons (Fsp3) is 0.444. The minimum absolute atomic E-state index is 0.0494. The van der Waals surface area contributed by atoms with E-state index in [4.69, 9.17) is 9.57 Å². The second-order valence-electron chi connectivity index (χ2n) is 9.71. The van der Waals surface area contributed by atoms with E-state index in [1.54, 1.807) is 0 Å². The van der Waals surface area contributed by atoms with Crippen molar-refractivity contribution in [2.45, 2.75) is 45.1 Å². The van der Waals surface area contributed by atoms with Gasteiger partial charge in [0.2, 0.25) is 5.91 Å². The van der Waals surface area contributed by atoms with Crippen molar-refractivity contribution in [3.8, 4) is 11.1 Å². The maximum Gasteiger partial charge on any atom is 0.407 e. The number of fused-ring (bicyclic) bond motifs is 3. The minimum Gasteiger partial charge on any atom is -0.479 e. The number of aliphatic carboxylic acids is 1. The number of benzene rings is 2. The molecule has 186 valence electrons. The standard InChI is InChI=1S/C27H32N2O6/c1-16(2)13-18(25(30)29-35-24(26(31)32)17-11-12-17)14-28-27(33)34-15-23-21-9-5-3-7-19(21)20-8-4-6-10-22(20)23/h3-10,16-18,23-24H,11-15H2,1-2H3,(H,28,33)(H,29,30)(H,31,32). The quantitative estimate of drug-likeness (QED) is 0.417. The van der Waals surface area contributed by atoms with E-state index in [9.17, 15) is 19.5 Å². The van der Waals surface area contributed by atoms with Crippen LogP contribution in [0.2, 0.25) is 0 Å². The average molecular weight is 481 g/mol. The first-order chi connectivity index (χ1) is 16.8. The van der Waals surface area contributed by atoms with Gasteiger partial charge in [0.25, 0.3) is 0 Å². The van der Waals surface area contributed by atoms with E-state index in [0.29, 0.717) is 6.42 Å². The van der Waals surface area contributed by atoms with Crippen LogP contribution in [0.4, 0.5) is 4.79 Å². The Hall–Kier alpha value is -3.39. The summed E-state index contributed by atoms with van der Waals surface area (Å²) in [5.41, 5.74) is 6.85. The molecule has 2 aromatic carbocycles. The van der Waals surface area contributed by atoms with E-state index in [1.165, 1.54) is 0 Å². The van der Waals surface area contributed by atoms with Crippen molar-refractivity contribution in [3.05, 3.63) is 59.7 Å². The van der Waals surface area contributed by atoms with Gasteiger partial charge in [-0.05, 0) is 53.4 Å². The SMILES string of the molecule is CC(C)CC(CNC(=O)OCC1c2ccccc2-c2ccccc21)C(=O)NOC(C(=O)O)C1CC1. The van der Waals surface area contributed by atoms with Gasteiger partial charge < -0.3 is 15.2 Å². The summed E-state index contributed by atoms with van der Waals surface area (Å²) < 4.78 is 5.55. The van der Waals surface area contributed by atoms with Crippen molar-refractivity contribution >= 4 is 18.0 Å². The summed E-state index contributed by atoms with van der Waals surface area (Å²) in [5.74, 6) is -2.06. The molecule has 2 aliphatic carbocycles. The zero-order chi connectivity index (χ0) is 24.9. The van der Waals surface area contributed by atoms with Crippen LogP contribution in [0, 0.1) is 17.8 Å². The van der Waals surface area contributed by atoms with Crippen molar-refractivity contribution in [1.29, 1.82) is 0 Å². The number of nitrogens with one attached hydrogen (secondary N) is 2. The number of carboxylic acid groups (broad SMARTS) is 1. The van der Waals surface area contributed by atoms with Gasteiger partial charge in [-0.1, -0.05) is 62.4 Å². The number of carbonyl (C=O) groups excluding carboxylic acids is 2. The first-order valence-corrected chi connectivity index (χ1v) is 12.1. The molecule has 2 aromatic rings. The molecule has 8 heteroatoms. The first-order valence-electron chi connectivity index (χ1n) is 12.1. The van der Waals surface area contributed by atoms with Gasteiger partial charge in [0, 0.05) is 12.5 Å². The third-order valence-corrected chi connectivity index (χ3v) is 6.54. The highest BCUT2D eigenvalue weighted by Gasteiger charge is 2.38. The smallest absolute Gasteiger partial charge is 0.407 e. The van der Waals surface area contributed by atoms with Crippen molar-refractivity contribution in [1.82, 2.24) is 10.8 Å². The molecule has 1 saturated carbocycles. The number of carboxylic acids is 1. The van der Waals surface area contributed by atoms with E-state index in [0.717, 1.165) is 35.1 Å². The van der Waals surface area contributed by atoms with Crippen LogP contribution < -0.4 is 10.8 Å². The van der Waals surface area contributed by atoms with Crippen molar-refractivity contribution in [2.75, 3.05) is 13.2 Å². The van der Waals surface area contributed by atoms with Crippen molar-refractivity contribution in [2.24, 2.45) is 17.8 Å². The molecule has 0 radical (unpaired) electrons. The summed E-state index contributed by atoms with van der Waals surface area (Å²) in [6, 6.07) is 16.2. The molecule has 0 heterocycles. The van der Waals surface area contributed by atoms with Crippen LogP contribution >= 0.6 is 0 Å². The number of alkyl carbamates (subject to hydrolysis) is 1. The summed E-state index contributed by atoms with van der Waals surface area (Å²) in [6.07, 6.45) is 0.390. The van der Waals surface area contributed by atoms with E-state index in [2.05, 4.69) is 35.1 Å². The third-order valence-electron chi connectivity index (χ3n) is 6.54. The maximum absolute atomic E-state index is 12.7. The van der Waals surface area contributed by atoms with Crippen molar-refractivity contribution in [3.63, 3.8) is 0 Å². The minimum atomic E-state index is -1.09. The normalized spacial score (nSPS) is 16.2. The Balaban J connectivity index is 1.31. The Morgan fingerprint density at radius 3 is 2.14 bits per heavy atom. The Bertz CT molecular complexity index is 1040.